The average Bonchev–Trinajstić information content (AvgIpc) is 3.46. The van der Waals surface area contributed by atoms with E-state index >= 15 is 0 Å². The number of aryl methyl sites for hydroxylation is 1. The van der Waals surface area contributed by atoms with E-state index in [-0.39, 0.29) is 6.42 Å². The number of tetrazole rings is 1. The molecule has 0 spiro atoms. The maximum atomic E-state index is 14.1. The van der Waals surface area contributed by atoms with Crippen molar-refractivity contribution in [1.29, 1.82) is 0 Å². The molecular weight excluding hydrogens is 402 g/mol. The van der Waals surface area contributed by atoms with Crippen LogP contribution in [0.4, 0.5) is 8.78 Å². The minimum Gasteiger partial charge on any atom is -0.256 e. The summed E-state index contributed by atoms with van der Waals surface area (Å²) >= 11 is 0. The number of nitrogens with one attached hydrogen (secondary N) is 1. The summed E-state index contributed by atoms with van der Waals surface area (Å²) in [5, 5.41) is 18.1. The van der Waals surface area contributed by atoms with Crippen molar-refractivity contribution < 1.29 is 8.78 Å². The highest BCUT2D eigenvalue weighted by Gasteiger charge is 2.35. The van der Waals surface area contributed by atoms with E-state index in [0.29, 0.717) is 24.6 Å². The van der Waals surface area contributed by atoms with Crippen LogP contribution in [-0.2, 0) is 18.9 Å². The van der Waals surface area contributed by atoms with E-state index in [1.165, 1.54) is 6.92 Å². The molecule has 160 valence electrons. The van der Waals surface area contributed by atoms with Gasteiger partial charge in [0.1, 0.15) is 5.82 Å². The highest BCUT2D eigenvalue weighted by atomic mass is 19.3. The molecule has 0 unspecified atom stereocenters. The Labute approximate surface area is 177 Å². The minimum absolute atomic E-state index is 0.334. The third-order valence-electron chi connectivity index (χ3n) is 4.95. The van der Waals surface area contributed by atoms with Gasteiger partial charge < -0.3 is 0 Å². The number of rotatable bonds is 8. The first-order chi connectivity index (χ1) is 15.0. The maximum Gasteiger partial charge on any atom is 0.308 e. The molecule has 3 heterocycles. The highest BCUT2D eigenvalue weighted by Crippen LogP contribution is 2.30. The number of hydrogen-bond donors (Lipinski definition) is 1. The Kier molecular flexibility index (Phi) is 5.79. The molecule has 8 nitrogen and oxygen atoms in total. The molecule has 0 aliphatic carbocycles. The molecule has 0 saturated heterocycles. The van der Waals surface area contributed by atoms with E-state index in [1.807, 2.05) is 43.3 Å². The summed E-state index contributed by atoms with van der Waals surface area (Å²) in [6.07, 6.45) is 2.54. The Hall–Kier alpha value is -3.56. The van der Waals surface area contributed by atoms with E-state index in [9.17, 15) is 8.78 Å². The number of aromatic nitrogens is 8. The molecule has 0 amide bonds. The lowest BCUT2D eigenvalue weighted by Crippen LogP contribution is -2.14. The summed E-state index contributed by atoms with van der Waals surface area (Å²) in [7, 11) is 0. The number of aromatic amines is 1. The molecule has 0 aliphatic rings. The number of pyridine rings is 1. The third-order valence-corrected chi connectivity index (χ3v) is 4.95. The number of benzene rings is 1. The van der Waals surface area contributed by atoms with Gasteiger partial charge in [-0.15, -0.1) is 10.2 Å². The molecule has 31 heavy (non-hydrogen) atoms. The predicted molar refractivity (Wildman–Crippen MR) is 110 cm³/mol. The molecule has 0 aliphatic heterocycles. The summed E-state index contributed by atoms with van der Waals surface area (Å²) in [6.45, 7) is 3.93. The van der Waals surface area contributed by atoms with Crippen LogP contribution in [-0.4, -0.2) is 40.4 Å². The van der Waals surface area contributed by atoms with Crippen LogP contribution < -0.4 is 0 Å². The molecule has 3 aromatic heterocycles. The molecule has 0 radical (unpaired) electrons. The molecule has 0 saturated carbocycles. The van der Waals surface area contributed by atoms with Crippen molar-refractivity contribution >= 4 is 0 Å². The standard InChI is InChI=1S/C21H22F2N8/c1-3-11-31-18(25-20(28-31)21(22,23)4-2)12-14-9-10-17(24-13-14)15-7-5-6-8-16(15)19-26-29-30-27-19/h5-10,13H,3-4,11-12H2,1-2H3,(H,26,27,29,30). The Morgan fingerprint density at radius 2 is 1.87 bits per heavy atom. The van der Waals surface area contributed by atoms with Gasteiger partial charge in [-0.1, -0.05) is 44.2 Å². The third kappa shape index (κ3) is 4.32. The predicted octanol–water partition coefficient (Wildman–Crippen LogP) is 4.02. The van der Waals surface area contributed by atoms with Gasteiger partial charge in [0.05, 0.1) is 5.69 Å². The van der Waals surface area contributed by atoms with E-state index in [0.717, 1.165) is 28.8 Å². The van der Waals surface area contributed by atoms with Crippen LogP contribution in [0.3, 0.4) is 0 Å². The first-order valence-electron chi connectivity index (χ1n) is 10.1. The molecule has 0 atom stereocenters. The topological polar surface area (TPSA) is 98.1 Å². The van der Waals surface area contributed by atoms with Gasteiger partial charge in [-0.2, -0.15) is 8.78 Å². The van der Waals surface area contributed by atoms with Crippen LogP contribution in [0.2, 0.25) is 0 Å². The van der Waals surface area contributed by atoms with E-state index < -0.39 is 11.7 Å². The Balaban J connectivity index is 1.61. The zero-order valence-corrected chi connectivity index (χ0v) is 17.3. The number of nitrogens with zero attached hydrogens (tertiary/aromatic N) is 7. The van der Waals surface area contributed by atoms with Crippen LogP contribution >= 0.6 is 0 Å². The molecule has 1 N–H and O–H groups in total. The zero-order valence-electron chi connectivity index (χ0n) is 17.3. The van der Waals surface area contributed by atoms with Gasteiger partial charge in [-0.3, -0.25) is 4.98 Å². The van der Waals surface area contributed by atoms with Gasteiger partial charge in [0.15, 0.2) is 5.82 Å². The average molecular weight is 424 g/mol. The lowest BCUT2D eigenvalue weighted by molar-refractivity contribution is -0.0177. The maximum absolute atomic E-state index is 14.1. The second-order valence-electron chi connectivity index (χ2n) is 7.16. The summed E-state index contributed by atoms with van der Waals surface area (Å²) in [5.74, 6) is -2.39. The lowest BCUT2D eigenvalue weighted by atomic mass is 10.0. The van der Waals surface area contributed by atoms with E-state index in [1.54, 1.807) is 10.9 Å². The second-order valence-corrected chi connectivity index (χ2v) is 7.16. The number of hydrogen-bond acceptors (Lipinski definition) is 6. The smallest absolute Gasteiger partial charge is 0.256 e. The van der Waals surface area contributed by atoms with Gasteiger partial charge in [-0.25, -0.2) is 14.8 Å². The monoisotopic (exact) mass is 424 g/mol. The van der Waals surface area contributed by atoms with E-state index in [4.69, 9.17) is 0 Å². The van der Waals surface area contributed by atoms with Crippen molar-refractivity contribution in [3.8, 4) is 22.6 Å². The van der Waals surface area contributed by atoms with Gasteiger partial charge in [0.25, 0.3) is 0 Å². The molecule has 0 fully saturated rings. The highest BCUT2D eigenvalue weighted by molar-refractivity contribution is 5.78. The van der Waals surface area contributed by atoms with Gasteiger partial charge in [0.2, 0.25) is 5.82 Å². The van der Waals surface area contributed by atoms with Crippen LogP contribution in [0.15, 0.2) is 42.6 Å². The van der Waals surface area contributed by atoms with Crippen molar-refractivity contribution in [2.75, 3.05) is 0 Å². The van der Waals surface area contributed by atoms with Crippen molar-refractivity contribution in [3.05, 3.63) is 59.8 Å². The summed E-state index contributed by atoms with van der Waals surface area (Å²) < 4.78 is 29.7. The van der Waals surface area contributed by atoms with Crippen LogP contribution in [0.1, 0.15) is 43.9 Å². The van der Waals surface area contributed by atoms with Crippen molar-refractivity contribution in [2.45, 2.75) is 45.6 Å². The summed E-state index contributed by atoms with van der Waals surface area (Å²) in [4.78, 5) is 8.72. The second kappa shape index (κ2) is 8.66. The van der Waals surface area contributed by atoms with Crippen molar-refractivity contribution in [3.63, 3.8) is 0 Å². The molecule has 4 rings (SSSR count). The molecule has 10 heteroatoms. The molecule has 1 aromatic carbocycles. The fourth-order valence-corrected chi connectivity index (χ4v) is 3.27. The Morgan fingerprint density at radius 3 is 2.52 bits per heavy atom. The SMILES string of the molecule is CCCn1nc(C(F)(F)CC)nc1Cc1ccc(-c2ccccc2-c2nnn[nH]2)nc1. The molecular formula is C21H22F2N8. The van der Waals surface area contributed by atoms with Crippen LogP contribution in [0.25, 0.3) is 22.6 Å². The van der Waals surface area contributed by atoms with Crippen molar-refractivity contribution in [2.24, 2.45) is 0 Å². The van der Waals surface area contributed by atoms with Crippen molar-refractivity contribution in [1.82, 2.24) is 40.4 Å². The molecule has 4 aromatic rings. The van der Waals surface area contributed by atoms with Gasteiger partial charge in [-0.05, 0) is 28.5 Å². The van der Waals surface area contributed by atoms with E-state index in [2.05, 4.69) is 35.7 Å². The lowest BCUT2D eigenvalue weighted by Gasteiger charge is -2.08. The minimum atomic E-state index is -3.03. The number of halogens is 2. The fraction of sp³-hybridized carbons (Fsp3) is 0.333. The first-order valence-corrected chi connectivity index (χ1v) is 10.1. The normalized spacial score (nSPS) is 11.7. The Morgan fingerprint density at radius 1 is 1.06 bits per heavy atom. The van der Waals surface area contributed by atoms with Gasteiger partial charge >= 0.3 is 5.92 Å². The number of H-pyrrole nitrogens is 1. The quantitative estimate of drug-likeness (QED) is 0.459. The summed E-state index contributed by atoms with van der Waals surface area (Å²) in [6, 6.07) is 11.5. The Bertz CT molecular complexity index is 1140. The first kappa shape index (κ1) is 20.7. The fourth-order valence-electron chi connectivity index (χ4n) is 3.27. The van der Waals surface area contributed by atoms with Crippen LogP contribution in [0, 0.1) is 0 Å². The van der Waals surface area contributed by atoms with Crippen LogP contribution in [0.5, 0.6) is 0 Å². The summed E-state index contributed by atoms with van der Waals surface area (Å²) in [5.41, 5.74) is 3.33. The molecule has 0 bridgehead atoms. The zero-order chi connectivity index (χ0) is 21.8. The van der Waals surface area contributed by atoms with Gasteiger partial charge in [0, 0.05) is 36.7 Å². The largest absolute Gasteiger partial charge is 0.308 e. The number of alkyl halides is 2.